The second-order valence-corrected chi connectivity index (χ2v) is 6.97. The van der Waals surface area contributed by atoms with Crippen molar-refractivity contribution in [3.8, 4) is 0 Å². The highest BCUT2D eigenvalue weighted by Crippen LogP contribution is 2.39. The average Bonchev–Trinajstić information content (AvgIpc) is 2.45. The highest BCUT2D eigenvalue weighted by atomic mass is 32.2. The van der Waals surface area contributed by atoms with Gasteiger partial charge in [-0.15, -0.1) is 11.8 Å². The topological polar surface area (TPSA) is 26.0 Å². The Bertz CT molecular complexity index is 621. The predicted molar refractivity (Wildman–Crippen MR) is 87.3 cm³/mol. The minimum atomic E-state index is 0.144. The van der Waals surface area contributed by atoms with Crippen molar-refractivity contribution in [1.29, 1.82) is 0 Å². The van der Waals surface area contributed by atoms with Gasteiger partial charge in [-0.2, -0.15) is 0 Å². The lowest BCUT2D eigenvalue weighted by molar-refractivity contribution is 0.587. The molecule has 20 heavy (non-hydrogen) atoms. The first-order chi connectivity index (χ1) is 9.65. The molecule has 0 saturated heterocycles. The molecule has 2 aromatic carbocycles. The first kappa shape index (κ1) is 13.7. The first-order valence-corrected chi connectivity index (χ1v) is 8.10. The van der Waals surface area contributed by atoms with Gasteiger partial charge < -0.3 is 5.73 Å². The van der Waals surface area contributed by atoms with E-state index >= 15 is 0 Å². The zero-order valence-corrected chi connectivity index (χ0v) is 12.9. The number of hydrogen-bond donors (Lipinski definition) is 1. The van der Waals surface area contributed by atoms with Gasteiger partial charge in [0.05, 0.1) is 0 Å². The largest absolute Gasteiger partial charge is 0.323 e. The van der Waals surface area contributed by atoms with Crippen LogP contribution in [0, 0.1) is 13.8 Å². The molecular weight excluding hydrogens is 262 g/mol. The number of benzene rings is 2. The fraction of sp³-hybridized carbons (Fsp3) is 0.333. The Morgan fingerprint density at radius 2 is 1.90 bits per heavy atom. The normalized spacial score (nSPS) is 21.6. The zero-order valence-electron chi connectivity index (χ0n) is 12.1. The van der Waals surface area contributed by atoms with Crippen LogP contribution in [0.15, 0.2) is 47.4 Å². The molecule has 1 aliphatic carbocycles. The van der Waals surface area contributed by atoms with E-state index in [1.54, 1.807) is 0 Å². The van der Waals surface area contributed by atoms with Crippen molar-refractivity contribution in [2.45, 2.75) is 42.9 Å². The average molecular weight is 283 g/mol. The zero-order chi connectivity index (χ0) is 14.1. The third-order valence-electron chi connectivity index (χ3n) is 4.12. The summed E-state index contributed by atoms with van der Waals surface area (Å²) in [6.07, 6.45) is 2.31. The van der Waals surface area contributed by atoms with Crippen molar-refractivity contribution >= 4 is 11.8 Å². The van der Waals surface area contributed by atoms with Gasteiger partial charge in [0.2, 0.25) is 0 Å². The molecule has 0 heterocycles. The molecule has 0 aromatic heterocycles. The molecule has 2 heteroatoms. The number of thioether (sulfide) groups is 1. The van der Waals surface area contributed by atoms with E-state index in [9.17, 15) is 0 Å². The summed E-state index contributed by atoms with van der Waals surface area (Å²) < 4.78 is 0. The van der Waals surface area contributed by atoms with E-state index in [2.05, 4.69) is 56.3 Å². The van der Waals surface area contributed by atoms with Gasteiger partial charge >= 0.3 is 0 Å². The molecule has 104 valence electrons. The number of hydrogen-bond acceptors (Lipinski definition) is 2. The number of fused-ring (bicyclic) bond motifs is 1. The van der Waals surface area contributed by atoms with E-state index in [4.69, 9.17) is 5.73 Å². The highest BCUT2D eigenvalue weighted by molar-refractivity contribution is 8.00. The summed E-state index contributed by atoms with van der Waals surface area (Å²) in [5.41, 5.74) is 11.9. The van der Waals surface area contributed by atoms with Crippen LogP contribution in [0.3, 0.4) is 0 Å². The highest BCUT2D eigenvalue weighted by Gasteiger charge is 2.27. The Kier molecular flexibility index (Phi) is 3.86. The fourth-order valence-corrected chi connectivity index (χ4v) is 4.24. The van der Waals surface area contributed by atoms with Crippen molar-refractivity contribution < 1.29 is 0 Å². The van der Waals surface area contributed by atoms with Crippen LogP contribution in [0.4, 0.5) is 0 Å². The Morgan fingerprint density at radius 1 is 1.10 bits per heavy atom. The van der Waals surface area contributed by atoms with Crippen LogP contribution >= 0.6 is 11.8 Å². The molecule has 0 fully saturated rings. The molecule has 2 aromatic rings. The van der Waals surface area contributed by atoms with Crippen molar-refractivity contribution in [1.82, 2.24) is 0 Å². The second kappa shape index (κ2) is 5.63. The SMILES string of the molecule is Cc1ccc(SC2CCc3ccccc3C2N)c(C)c1. The summed E-state index contributed by atoms with van der Waals surface area (Å²) in [5.74, 6) is 0. The molecule has 0 spiro atoms. The van der Waals surface area contributed by atoms with Gasteiger partial charge in [-0.25, -0.2) is 0 Å². The van der Waals surface area contributed by atoms with Crippen molar-refractivity contribution in [2.75, 3.05) is 0 Å². The van der Waals surface area contributed by atoms with E-state index in [0.717, 1.165) is 12.8 Å². The van der Waals surface area contributed by atoms with Crippen LogP contribution in [0.2, 0.25) is 0 Å². The van der Waals surface area contributed by atoms with Gasteiger partial charge in [-0.05, 0) is 49.4 Å². The predicted octanol–water partition coefficient (Wildman–Crippen LogP) is 4.41. The van der Waals surface area contributed by atoms with Gasteiger partial charge in [0, 0.05) is 16.2 Å². The molecule has 2 atom stereocenters. The van der Waals surface area contributed by atoms with E-state index in [0.29, 0.717) is 5.25 Å². The first-order valence-electron chi connectivity index (χ1n) is 7.22. The fourth-order valence-electron chi connectivity index (χ4n) is 2.99. The van der Waals surface area contributed by atoms with Gasteiger partial charge in [-0.3, -0.25) is 0 Å². The van der Waals surface area contributed by atoms with E-state index < -0.39 is 0 Å². The smallest absolute Gasteiger partial charge is 0.0421 e. The lowest BCUT2D eigenvalue weighted by Gasteiger charge is -2.31. The molecule has 0 saturated carbocycles. The molecule has 0 radical (unpaired) electrons. The molecule has 2 N–H and O–H groups in total. The minimum absolute atomic E-state index is 0.144. The number of aryl methyl sites for hydroxylation is 3. The Morgan fingerprint density at radius 3 is 2.70 bits per heavy atom. The monoisotopic (exact) mass is 283 g/mol. The minimum Gasteiger partial charge on any atom is -0.323 e. The van der Waals surface area contributed by atoms with Gasteiger partial charge in [0.1, 0.15) is 0 Å². The van der Waals surface area contributed by atoms with Crippen molar-refractivity contribution in [3.63, 3.8) is 0 Å². The van der Waals surface area contributed by atoms with Crippen LogP contribution in [-0.4, -0.2) is 5.25 Å². The maximum absolute atomic E-state index is 6.50. The van der Waals surface area contributed by atoms with Crippen molar-refractivity contribution in [2.24, 2.45) is 5.73 Å². The van der Waals surface area contributed by atoms with Crippen LogP contribution in [0.25, 0.3) is 0 Å². The van der Waals surface area contributed by atoms with Crippen LogP contribution in [0.1, 0.15) is 34.7 Å². The van der Waals surface area contributed by atoms with E-state index in [1.807, 2.05) is 11.8 Å². The third kappa shape index (κ3) is 2.63. The van der Waals surface area contributed by atoms with E-state index in [1.165, 1.54) is 27.1 Å². The summed E-state index contributed by atoms with van der Waals surface area (Å²) in [4.78, 5) is 1.37. The molecular formula is C18H21NS. The van der Waals surface area contributed by atoms with Crippen LogP contribution in [-0.2, 0) is 6.42 Å². The molecule has 0 amide bonds. The van der Waals surface area contributed by atoms with Gasteiger partial charge in [0.25, 0.3) is 0 Å². The summed E-state index contributed by atoms with van der Waals surface area (Å²) >= 11 is 1.95. The molecule has 0 aliphatic heterocycles. The maximum atomic E-state index is 6.50. The summed E-state index contributed by atoms with van der Waals surface area (Å²) in [6.45, 7) is 4.33. The molecule has 2 unspecified atom stereocenters. The quantitative estimate of drug-likeness (QED) is 0.883. The second-order valence-electron chi connectivity index (χ2n) is 5.69. The lowest BCUT2D eigenvalue weighted by atomic mass is 9.88. The van der Waals surface area contributed by atoms with Crippen LogP contribution < -0.4 is 5.73 Å². The Labute approximate surface area is 125 Å². The summed E-state index contributed by atoms with van der Waals surface area (Å²) in [5, 5.41) is 0.478. The van der Waals surface area contributed by atoms with Crippen molar-refractivity contribution in [3.05, 3.63) is 64.7 Å². The van der Waals surface area contributed by atoms with E-state index in [-0.39, 0.29) is 6.04 Å². The Balaban J connectivity index is 1.83. The Hall–Kier alpha value is -1.25. The summed E-state index contributed by atoms with van der Waals surface area (Å²) in [6, 6.07) is 15.4. The molecule has 3 rings (SSSR count). The lowest BCUT2D eigenvalue weighted by Crippen LogP contribution is -2.29. The maximum Gasteiger partial charge on any atom is 0.0421 e. The standard InChI is InChI=1S/C18H21NS/c1-12-7-9-16(13(2)11-12)20-17-10-8-14-5-3-4-6-15(14)18(17)19/h3-7,9,11,17-18H,8,10,19H2,1-2H3. The third-order valence-corrected chi connectivity index (χ3v) is 5.67. The molecule has 0 bridgehead atoms. The van der Waals surface area contributed by atoms with Gasteiger partial charge in [-0.1, -0.05) is 42.0 Å². The molecule has 1 nitrogen and oxygen atoms in total. The summed E-state index contributed by atoms with van der Waals surface area (Å²) in [7, 11) is 0. The van der Waals surface area contributed by atoms with Crippen LogP contribution in [0.5, 0.6) is 0 Å². The van der Waals surface area contributed by atoms with Gasteiger partial charge in [0.15, 0.2) is 0 Å². The number of rotatable bonds is 2. The molecule has 1 aliphatic rings. The number of nitrogens with two attached hydrogens (primary N) is 1.